The number of benzene rings is 1. The van der Waals surface area contributed by atoms with Crippen LogP contribution in [0.2, 0.25) is 0 Å². The first-order chi connectivity index (χ1) is 9.83. The van der Waals surface area contributed by atoms with Gasteiger partial charge in [0, 0.05) is 24.5 Å². The summed E-state index contributed by atoms with van der Waals surface area (Å²) in [5, 5.41) is 3.48. The predicted molar refractivity (Wildman–Crippen MR) is 78.5 cm³/mol. The normalized spacial score (nSPS) is 29.3. The van der Waals surface area contributed by atoms with Crippen molar-refractivity contribution < 1.29 is 4.79 Å². The monoisotopic (exact) mass is 270 g/mol. The molecule has 1 aromatic rings. The Hall–Kier alpha value is -1.35. The first-order valence-corrected chi connectivity index (χ1v) is 7.92. The van der Waals surface area contributed by atoms with Crippen molar-refractivity contribution in [2.45, 2.75) is 44.2 Å². The van der Waals surface area contributed by atoms with Crippen LogP contribution in [0.15, 0.2) is 24.3 Å². The number of fused-ring (bicyclic) bond motifs is 3. The summed E-state index contributed by atoms with van der Waals surface area (Å²) in [6, 6.07) is 9.48. The summed E-state index contributed by atoms with van der Waals surface area (Å²) < 4.78 is 0. The SMILES string of the molecule is O=C(C1Cc2ccccc2C1)N1[C@H]2CCNC[C@@H]1CC2. The Morgan fingerprint density at radius 2 is 1.75 bits per heavy atom. The molecule has 0 unspecified atom stereocenters. The molecule has 3 aliphatic rings. The lowest BCUT2D eigenvalue weighted by atomic mass is 10.0. The molecular weight excluding hydrogens is 248 g/mol. The number of nitrogens with zero attached hydrogens (tertiary/aromatic N) is 1. The highest BCUT2D eigenvalue weighted by atomic mass is 16.2. The molecule has 2 bridgehead atoms. The molecule has 2 aliphatic heterocycles. The van der Waals surface area contributed by atoms with E-state index < -0.39 is 0 Å². The van der Waals surface area contributed by atoms with Crippen LogP contribution in [0.4, 0.5) is 0 Å². The van der Waals surface area contributed by atoms with E-state index in [2.05, 4.69) is 34.5 Å². The number of rotatable bonds is 1. The highest BCUT2D eigenvalue weighted by Crippen LogP contribution is 2.34. The largest absolute Gasteiger partial charge is 0.335 e. The van der Waals surface area contributed by atoms with Crippen LogP contribution in [0.5, 0.6) is 0 Å². The summed E-state index contributed by atoms with van der Waals surface area (Å²) in [4.78, 5) is 15.2. The van der Waals surface area contributed by atoms with Gasteiger partial charge in [-0.1, -0.05) is 24.3 Å². The van der Waals surface area contributed by atoms with Crippen LogP contribution in [-0.4, -0.2) is 36.0 Å². The predicted octanol–water partition coefficient (Wildman–Crippen LogP) is 1.75. The van der Waals surface area contributed by atoms with E-state index in [-0.39, 0.29) is 5.92 Å². The Morgan fingerprint density at radius 3 is 2.50 bits per heavy atom. The molecule has 1 amide bonds. The van der Waals surface area contributed by atoms with Gasteiger partial charge in [0.2, 0.25) is 5.91 Å². The molecule has 0 aromatic heterocycles. The molecule has 2 saturated heterocycles. The van der Waals surface area contributed by atoms with E-state index in [1.807, 2.05) is 0 Å². The fourth-order valence-electron chi connectivity index (χ4n) is 4.29. The third-order valence-electron chi connectivity index (χ3n) is 5.31. The van der Waals surface area contributed by atoms with E-state index in [4.69, 9.17) is 0 Å². The summed E-state index contributed by atoms with van der Waals surface area (Å²) in [6.45, 7) is 2.05. The van der Waals surface area contributed by atoms with Crippen molar-refractivity contribution in [3.63, 3.8) is 0 Å². The smallest absolute Gasteiger partial charge is 0.226 e. The Kier molecular flexibility index (Phi) is 3.03. The van der Waals surface area contributed by atoms with Gasteiger partial charge in [-0.25, -0.2) is 0 Å². The fourth-order valence-corrected chi connectivity index (χ4v) is 4.29. The summed E-state index contributed by atoms with van der Waals surface area (Å²) in [5.74, 6) is 0.603. The number of hydrogen-bond donors (Lipinski definition) is 1. The average Bonchev–Trinajstić information content (AvgIpc) is 2.98. The topological polar surface area (TPSA) is 32.3 Å². The van der Waals surface area contributed by atoms with Gasteiger partial charge in [-0.15, -0.1) is 0 Å². The zero-order valence-electron chi connectivity index (χ0n) is 11.8. The van der Waals surface area contributed by atoms with Crippen LogP contribution in [0.1, 0.15) is 30.4 Å². The molecule has 1 aromatic carbocycles. The van der Waals surface area contributed by atoms with Crippen LogP contribution >= 0.6 is 0 Å². The Balaban J connectivity index is 1.54. The van der Waals surface area contributed by atoms with Gasteiger partial charge in [-0.2, -0.15) is 0 Å². The first kappa shape index (κ1) is 12.4. The van der Waals surface area contributed by atoms with Crippen LogP contribution in [0.25, 0.3) is 0 Å². The van der Waals surface area contributed by atoms with Crippen LogP contribution in [-0.2, 0) is 17.6 Å². The molecule has 3 heteroatoms. The molecule has 3 nitrogen and oxygen atoms in total. The van der Waals surface area contributed by atoms with Crippen molar-refractivity contribution in [2.24, 2.45) is 5.92 Å². The van der Waals surface area contributed by atoms with Crippen LogP contribution in [0, 0.1) is 5.92 Å². The van der Waals surface area contributed by atoms with E-state index in [9.17, 15) is 4.79 Å². The minimum absolute atomic E-state index is 0.189. The van der Waals surface area contributed by atoms with Crippen LogP contribution < -0.4 is 5.32 Å². The maximum absolute atomic E-state index is 13.0. The molecule has 0 saturated carbocycles. The minimum atomic E-state index is 0.189. The summed E-state index contributed by atoms with van der Waals surface area (Å²) >= 11 is 0. The van der Waals surface area contributed by atoms with Gasteiger partial charge in [0.25, 0.3) is 0 Å². The molecule has 4 rings (SSSR count). The van der Waals surface area contributed by atoms with Crippen molar-refractivity contribution in [3.8, 4) is 0 Å². The molecule has 2 atom stereocenters. The number of carbonyl (C=O) groups excluding carboxylic acids is 1. The molecular formula is C17H22N2O. The highest BCUT2D eigenvalue weighted by molar-refractivity contribution is 5.81. The molecule has 0 spiro atoms. The molecule has 106 valence electrons. The van der Waals surface area contributed by atoms with Crippen molar-refractivity contribution in [3.05, 3.63) is 35.4 Å². The Morgan fingerprint density at radius 1 is 1.05 bits per heavy atom. The van der Waals surface area contributed by atoms with Gasteiger partial charge in [-0.3, -0.25) is 4.79 Å². The molecule has 20 heavy (non-hydrogen) atoms. The zero-order chi connectivity index (χ0) is 13.5. The highest BCUT2D eigenvalue weighted by Gasteiger charge is 2.41. The van der Waals surface area contributed by atoms with Crippen molar-refractivity contribution >= 4 is 5.91 Å². The lowest BCUT2D eigenvalue weighted by molar-refractivity contribution is -0.137. The quantitative estimate of drug-likeness (QED) is 0.843. The van der Waals surface area contributed by atoms with Gasteiger partial charge in [0.05, 0.1) is 0 Å². The molecule has 1 aliphatic carbocycles. The van der Waals surface area contributed by atoms with E-state index in [1.54, 1.807) is 0 Å². The number of nitrogens with one attached hydrogen (secondary N) is 1. The third kappa shape index (κ3) is 1.96. The maximum Gasteiger partial charge on any atom is 0.226 e. The van der Waals surface area contributed by atoms with Crippen LogP contribution in [0.3, 0.4) is 0 Å². The van der Waals surface area contributed by atoms with Crippen molar-refractivity contribution in [1.29, 1.82) is 0 Å². The van der Waals surface area contributed by atoms with Gasteiger partial charge < -0.3 is 10.2 Å². The number of amides is 1. The zero-order valence-corrected chi connectivity index (χ0v) is 11.8. The molecule has 2 fully saturated rings. The second-order valence-corrected chi connectivity index (χ2v) is 6.50. The van der Waals surface area contributed by atoms with E-state index in [1.165, 1.54) is 24.0 Å². The Bertz CT molecular complexity index is 488. The second-order valence-electron chi connectivity index (χ2n) is 6.50. The fraction of sp³-hybridized carbons (Fsp3) is 0.588. The standard InChI is InChI=1S/C17H22N2O/c20-17(14-9-12-3-1-2-4-13(12)10-14)19-15-5-6-16(19)11-18-8-7-15/h1-4,14-16,18H,5-11H2/t15-,16+/m1/s1. The Labute approximate surface area is 120 Å². The summed E-state index contributed by atoms with van der Waals surface area (Å²) in [5.41, 5.74) is 2.76. The second kappa shape index (κ2) is 4.88. The first-order valence-electron chi connectivity index (χ1n) is 7.92. The van der Waals surface area contributed by atoms with Gasteiger partial charge in [-0.05, 0) is 49.8 Å². The number of hydrogen-bond acceptors (Lipinski definition) is 2. The summed E-state index contributed by atoms with van der Waals surface area (Å²) in [7, 11) is 0. The molecule has 1 N–H and O–H groups in total. The van der Waals surface area contributed by atoms with E-state index >= 15 is 0 Å². The number of carbonyl (C=O) groups is 1. The van der Waals surface area contributed by atoms with Crippen molar-refractivity contribution in [1.82, 2.24) is 10.2 Å². The van der Waals surface area contributed by atoms with Crippen molar-refractivity contribution in [2.75, 3.05) is 13.1 Å². The summed E-state index contributed by atoms with van der Waals surface area (Å²) in [6.07, 6.45) is 5.40. The minimum Gasteiger partial charge on any atom is -0.335 e. The van der Waals surface area contributed by atoms with E-state index in [0.29, 0.717) is 18.0 Å². The maximum atomic E-state index is 13.0. The lowest BCUT2D eigenvalue weighted by Gasteiger charge is -2.30. The molecule has 0 radical (unpaired) electrons. The molecule has 2 heterocycles. The van der Waals surface area contributed by atoms with Gasteiger partial charge >= 0.3 is 0 Å². The third-order valence-corrected chi connectivity index (χ3v) is 5.31. The average molecular weight is 270 g/mol. The van der Waals surface area contributed by atoms with E-state index in [0.717, 1.165) is 32.4 Å². The van der Waals surface area contributed by atoms with Gasteiger partial charge in [0.15, 0.2) is 0 Å². The lowest BCUT2D eigenvalue weighted by Crippen LogP contribution is -2.45. The van der Waals surface area contributed by atoms with Gasteiger partial charge in [0.1, 0.15) is 0 Å².